The Morgan fingerprint density at radius 3 is 1.68 bits per heavy atom. The van der Waals surface area contributed by atoms with E-state index in [1.807, 2.05) is 0 Å². The van der Waals surface area contributed by atoms with Gasteiger partial charge in [-0.15, -0.1) is 12.4 Å². The topological polar surface area (TPSA) is 3.24 Å². The number of hydrogen-bond donors (Lipinski definition) is 0. The molecule has 25 heavy (non-hydrogen) atoms. The average Bonchev–Trinajstić information content (AvgIpc) is 2.57. The second-order valence-corrected chi connectivity index (χ2v) is 8.47. The molecule has 1 heterocycles. The Hall–Kier alpha value is -1.31. The number of piperidine rings is 1. The quantitative estimate of drug-likeness (QED) is 0.648. The van der Waals surface area contributed by atoms with Crippen molar-refractivity contribution in [1.82, 2.24) is 4.90 Å². The molecule has 1 aliphatic rings. The molecule has 0 spiro atoms. The third-order valence-corrected chi connectivity index (χ3v) is 5.12. The summed E-state index contributed by atoms with van der Waals surface area (Å²) < 4.78 is 0. The number of likely N-dealkylation sites (tertiary alicyclic amines) is 1. The van der Waals surface area contributed by atoms with Crippen LogP contribution in [0.3, 0.4) is 0 Å². The molecule has 136 valence electrons. The maximum Gasteiger partial charge on any atom is 0.0119 e. The number of hydrogen-bond acceptors (Lipinski definition) is 1. The third kappa shape index (κ3) is 5.59. The van der Waals surface area contributed by atoms with E-state index < -0.39 is 0 Å². The van der Waals surface area contributed by atoms with Crippen LogP contribution in [-0.2, 0) is 0 Å². The molecule has 2 aromatic carbocycles. The van der Waals surface area contributed by atoms with Gasteiger partial charge in [0.1, 0.15) is 0 Å². The van der Waals surface area contributed by atoms with Crippen LogP contribution < -0.4 is 0 Å². The van der Waals surface area contributed by atoms with E-state index >= 15 is 0 Å². The third-order valence-electron chi connectivity index (χ3n) is 5.12. The van der Waals surface area contributed by atoms with Gasteiger partial charge in [0.25, 0.3) is 0 Å². The van der Waals surface area contributed by atoms with Gasteiger partial charge in [-0.25, -0.2) is 0 Å². The first-order valence-corrected chi connectivity index (χ1v) is 9.35. The summed E-state index contributed by atoms with van der Waals surface area (Å²) in [6, 6.07) is 22.2. The minimum atomic E-state index is 0. The maximum absolute atomic E-state index is 2.66. The first-order valence-electron chi connectivity index (χ1n) is 9.35. The molecule has 0 aromatic heterocycles. The summed E-state index contributed by atoms with van der Waals surface area (Å²) in [6.45, 7) is 10.7. The zero-order valence-electron chi connectivity index (χ0n) is 15.8. The van der Waals surface area contributed by atoms with Crippen molar-refractivity contribution in [2.75, 3.05) is 19.6 Å². The second kappa shape index (κ2) is 8.87. The van der Waals surface area contributed by atoms with E-state index in [9.17, 15) is 0 Å². The predicted molar refractivity (Wildman–Crippen MR) is 111 cm³/mol. The average molecular weight is 358 g/mol. The fourth-order valence-corrected chi connectivity index (χ4v) is 4.17. The second-order valence-electron chi connectivity index (χ2n) is 8.47. The van der Waals surface area contributed by atoms with Crippen molar-refractivity contribution in [3.63, 3.8) is 0 Å². The minimum absolute atomic E-state index is 0. The summed E-state index contributed by atoms with van der Waals surface area (Å²) in [5, 5.41) is 0. The van der Waals surface area contributed by atoms with E-state index in [2.05, 4.69) is 86.3 Å². The van der Waals surface area contributed by atoms with Gasteiger partial charge in [0, 0.05) is 12.5 Å². The molecule has 3 rings (SSSR count). The number of halogens is 1. The molecule has 2 aromatic rings. The maximum atomic E-state index is 2.66. The molecule has 1 fully saturated rings. The van der Waals surface area contributed by atoms with Crippen molar-refractivity contribution in [3.05, 3.63) is 71.8 Å². The lowest BCUT2D eigenvalue weighted by molar-refractivity contribution is 0.131. The van der Waals surface area contributed by atoms with Crippen molar-refractivity contribution in [3.8, 4) is 0 Å². The molecule has 0 N–H and O–H groups in total. The Morgan fingerprint density at radius 1 is 0.840 bits per heavy atom. The van der Waals surface area contributed by atoms with Crippen LogP contribution in [0.15, 0.2) is 60.7 Å². The Balaban J connectivity index is 0.00000225. The van der Waals surface area contributed by atoms with Gasteiger partial charge in [0.15, 0.2) is 0 Å². The first kappa shape index (κ1) is 20.0. The molecule has 0 atom stereocenters. The largest absolute Gasteiger partial charge is 0.303 e. The minimum Gasteiger partial charge on any atom is -0.303 e. The molecule has 0 amide bonds. The van der Waals surface area contributed by atoms with Crippen LogP contribution >= 0.6 is 12.4 Å². The molecule has 1 nitrogen and oxygen atoms in total. The van der Waals surface area contributed by atoms with Crippen LogP contribution in [-0.4, -0.2) is 24.5 Å². The van der Waals surface area contributed by atoms with Crippen molar-refractivity contribution >= 4 is 12.4 Å². The van der Waals surface area contributed by atoms with Gasteiger partial charge < -0.3 is 4.90 Å². The highest BCUT2D eigenvalue weighted by Crippen LogP contribution is 2.38. The standard InChI is InChI=1S/C23H31N.ClH/c1-23(2,3)18-24-16-14-21(15-17-24)22(19-10-6-4-7-11-19)20-12-8-5-9-13-20;/h4-13,21-22H,14-18H2,1-3H3;1H. The molecule has 0 bridgehead atoms. The lowest BCUT2D eigenvalue weighted by Gasteiger charge is -2.39. The monoisotopic (exact) mass is 357 g/mol. The van der Waals surface area contributed by atoms with Gasteiger partial charge in [0.2, 0.25) is 0 Å². The Labute approximate surface area is 159 Å². The fourth-order valence-electron chi connectivity index (χ4n) is 4.17. The van der Waals surface area contributed by atoms with Gasteiger partial charge >= 0.3 is 0 Å². The van der Waals surface area contributed by atoms with E-state index in [1.54, 1.807) is 0 Å². The van der Waals surface area contributed by atoms with Crippen LogP contribution in [0, 0.1) is 11.3 Å². The molecule has 1 saturated heterocycles. The summed E-state index contributed by atoms with van der Waals surface area (Å²) in [7, 11) is 0. The van der Waals surface area contributed by atoms with Crippen LogP contribution in [0.1, 0.15) is 50.7 Å². The summed E-state index contributed by atoms with van der Waals surface area (Å²) in [5.74, 6) is 1.27. The lowest BCUT2D eigenvalue weighted by Crippen LogP contribution is -2.40. The van der Waals surface area contributed by atoms with Gasteiger partial charge in [-0.3, -0.25) is 0 Å². The Morgan fingerprint density at radius 2 is 1.28 bits per heavy atom. The molecule has 2 heteroatoms. The highest BCUT2D eigenvalue weighted by Gasteiger charge is 2.29. The first-order chi connectivity index (χ1) is 11.5. The number of benzene rings is 2. The molecular formula is C23H32ClN. The molecule has 1 aliphatic heterocycles. The lowest BCUT2D eigenvalue weighted by atomic mass is 9.76. The molecule has 0 radical (unpaired) electrons. The van der Waals surface area contributed by atoms with E-state index in [0.29, 0.717) is 11.3 Å². The van der Waals surface area contributed by atoms with E-state index in [4.69, 9.17) is 0 Å². The van der Waals surface area contributed by atoms with Crippen molar-refractivity contribution in [2.45, 2.75) is 39.5 Å². The summed E-state index contributed by atoms with van der Waals surface area (Å²) >= 11 is 0. The Kier molecular flexibility index (Phi) is 7.10. The number of nitrogens with zero attached hydrogens (tertiary/aromatic N) is 1. The highest BCUT2D eigenvalue weighted by molar-refractivity contribution is 5.85. The smallest absolute Gasteiger partial charge is 0.0119 e. The van der Waals surface area contributed by atoms with Crippen LogP contribution in [0.2, 0.25) is 0 Å². The van der Waals surface area contributed by atoms with Crippen LogP contribution in [0.25, 0.3) is 0 Å². The molecule has 0 unspecified atom stereocenters. The van der Waals surface area contributed by atoms with Crippen LogP contribution in [0.4, 0.5) is 0 Å². The van der Waals surface area contributed by atoms with E-state index in [-0.39, 0.29) is 12.4 Å². The molecular weight excluding hydrogens is 326 g/mol. The van der Waals surface area contributed by atoms with Crippen LogP contribution in [0.5, 0.6) is 0 Å². The molecule has 0 aliphatic carbocycles. The zero-order valence-corrected chi connectivity index (χ0v) is 16.6. The highest BCUT2D eigenvalue weighted by atomic mass is 35.5. The van der Waals surface area contributed by atoms with Crippen molar-refractivity contribution < 1.29 is 0 Å². The zero-order chi connectivity index (χ0) is 17.0. The number of rotatable bonds is 4. The van der Waals surface area contributed by atoms with Gasteiger partial charge in [-0.1, -0.05) is 81.4 Å². The molecule has 0 saturated carbocycles. The summed E-state index contributed by atoms with van der Waals surface area (Å²) in [5.41, 5.74) is 3.33. The van der Waals surface area contributed by atoms with Crippen molar-refractivity contribution in [2.24, 2.45) is 11.3 Å². The predicted octanol–water partition coefficient (Wildman–Crippen LogP) is 6.00. The van der Waals surface area contributed by atoms with Gasteiger partial charge in [-0.2, -0.15) is 0 Å². The fraction of sp³-hybridized carbons (Fsp3) is 0.478. The summed E-state index contributed by atoms with van der Waals surface area (Å²) in [6.07, 6.45) is 2.59. The van der Waals surface area contributed by atoms with Gasteiger partial charge in [-0.05, 0) is 48.4 Å². The normalized spacial score (nSPS) is 16.6. The SMILES string of the molecule is CC(C)(C)CN1CCC(C(c2ccccc2)c2ccccc2)CC1.Cl. The van der Waals surface area contributed by atoms with E-state index in [1.165, 1.54) is 43.6 Å². The van der Waals surface area contributed by atoms with E-state index in [0.717, 1.165) is 5.92 Å². The Bertz CT molecular complexity index is 570. The van der Waals surface area contributed by atoms with Crippen molar-refractivity contribution in [1.29, 1.82) is 0 Å². The van der Waals surface area contributed by atoms with Gasteiger partial charge in [0.05, 0.1) is 0 Å². The summed E-state index contributed by atoms with van der Waals surface area (Å²) in [4.78, 5) is 2.66.